The molecule has 0 aliphatic carbocycles. The number of esters is 1. The minimum Gasteiger partial charge on any atom is -0.507 e. The molecule has 1 atom stereocenters. The third-order valence-corrected chi connectivity index (χ3v) is 6.11. The van der Waals surface area contributed by atoms with E-state index in [9.17, 15) is 23.1 Å². The summed E-state index contributed by atoms with van der Waals surface area (Å²) in [5.41, 5.74) is -0.115. The number of rotatable bonds is 8. The van der Waals surface area contributed by atoms with Crippen molar-refractivity contribution >= 4 is 39.2 Å². The van der Waals surface area contributed by atoms with Crippen LogP contribution in [-0.2, 0) is 24.3 Å². The molecule has 0 bridgehead atoms. The Labute approximate surface area is 184 Å². The molecule has 2 aromatic carbocycles. The molecule has 9 nitrogen and oxygen atoms in total. The van der Waals surface area contributed by atoms with Crippen LogP contribution in [0.5, 0.6) is 5.75 Å². The van der Waals surface area contributed by atoms with Crippen LogP contribution >= 0.6 is 11.6 Å². The van der Waals surface area contributed by atoms with Crippen molar-refractivity contribution in [3.63, 3.8) is 0 Å². The third-order valence-electron chi connectivity index (χ3n) is 4.48. The van der Waals surface area contributed by atoms with E-state index in [1.165, 1.54) is 24.3 Å². The zero-order valence-corrected chi connectivity index (χ0v) is 17.9. The molecule has 31 heavy (non-hydrogen) atoms. The van der Waals surface area contributed by atoms with Gasteiger partial charge in [0.05, 0.1) is 11.0 Å². The van der Waals surface area contributed by atoms with Crippen LogP contribution in [0.4, 0.5) is 5.69 Å². The normalized spacial score (nSPS) is 16.0. The van der Waals surface area contributed by atoms with E-state index in [-0.39, 0.29) is 22.3 Å². The molecular formula is C20H21ClN2O7S. The van der Waals surface area contributed by atoms with Gasteiger partial charge in [-0.1, -0.05) is 11.6 Å². The number of sulfonamides is 1. The zero-order valence-electron chi connectivity index (χ0n) is 16.3. The van der Waals surface area contributed by atoms with E-state index in [4.69, 9.17) is 21.1 Å². The summed E-state index contributed by atoms with van der Waals surface area (Å²) in [4.78, 5) is 23.9. The van der Waals surface area contributed by atoms with Crippen LogP contribution in [0, 0.1) is 0 Å². The SMILES string of the molecule is O=C(COC(=O)c1cc(S(=O)(=O)Nc2ccc(Cl)cc2)ccc1O)NCC1CCCO1. The monoisotopic (exact) mass is 468 g/mol. The molecule has 11 heteroatoms. The standard InChI is InChI=1S/C20H21ClN2O7S/c21-13-3-5-14(6-4-13)23-31(27,28)16-7-8-18(24)17(10-16)20(26)30-12-19(25)22-11-15-2-1-9-29-15/h3-8,10,15,23-24H,1-2,9,11-12H2,(H,22,25). The molecule has 166 valence electrons. The molecule has 0 radical (unpaired) electrons. The number of aromatic hydroxyl groups is 1. The lowest BCUT2D eigenvalue weighted by Gasteiger charge is -2.12. The molecule has 0 spiro atoms. The Kier molecular flexibility index (Phi) is 7.37. The number of anilines is 1. The molecule has 3 N–H and O–H groups in total. The molecule has 1 aliphatic heterocycles. The first-order valence-electron chi connectivity index (χ1n) is 9.41. The van der Waals surface area contributed by atoms with Crippen LogP contribution in [0.3, 0.4) is 0 Å². The van der Waals surface area contributed by atoms with E-state index in [1.807, 2.05) is 0 Å². The predicted molar refractivity (Wildman–Crippen MR) is 113 cm³/mol. The van der Waals surface area contributed by atoms with Gasteiger partial charge in [0.15, 0.2) is 6.61 Å². The van der Waals surface area contributed by atoms with Gasteiger partial charge in [-0.25, -0.2) is 13.2 Å². The fraction of sp³-hybridized carbons (Fsp3) is 0.300. The minimum absolute atomic E-state index is 0.0567. The maximum Gasteiger partial charge on any atom is 0.342 e. The topological polar surface area (TPSA) is 131 Å². The number of nitrogens with one attached hydrogen (secondary N) is 2. The molecule has 1 fully saturated rings. The van der Waals surface area contributed by atoms with E-state index in [1.54, 1.807) is 0 Å². The lowest BCUT2D eigenvalue weighted by molar-refractivity contribution is -0.124. The summed E-state index contributed by atoms with van der Waals surface area (Å²) in [7, 11) is -4.05. The maximum absolute atomic E-state index is 12.6. The van der Waals surface area contributed by atoms with Crippen molar-refractivity contribution in [1.82, 2.24) is 5.32 Å². The molecular weight excluding hydrogens is 448 g/mol. The van der Waals surface area contributed by atoms with Gasteiger partial charge in [-0.05, 0) is 55.3 Å². The van der Waals surface area contributed by atoms with Gasteiger partial charge in [0.1, 0.15) is 11.3 Å². The van der Waals surface area contributed by atoms with E-state index in [0.29, 0.717) is 18.2 Å². The van der Waals surface area contributed by atoms with Crippen molar-refractivity contribution in [1.29, 1.82) is 0 Å². The van der Waals surface area contributed by atoms with Gasteiger partial charge in [0, 0.05) is 23.9 Å². The van der Waals surface area contributed by atoms with Gasteiger partial charge in [-0.15, -0.1) is 0 Å². The summed E-state index contributed by atoms with van der Waals surface area (Å²) < 4.78 is 37.8. The highest BCUT2D eigenvalue weighted by Crippen LogP contribution is 2.24. The Hall–Kier alpha value is -2.82. The highest BCUT2D eigenvalue weighted by Gasteiger charge is 2.21. The van der Waals surface area contributed by atoms with E-state index in [0.717, 1.165) is 31.0 Å². The minimum atomic E-state index is -4.05. The highest BCUT2D eigenvalue weighted by atomic mass is 35.5. The molecule has 0 aromatic heterocycles. The summed E-state index contributed by atoms with van der Waals surface area (Å²) in [5.74, 6) is -2.04. The number of hydrogen-bond donors (Lipinski definition) is 3. The van der Waals surface area contributed by atoms with E-state index < -0.39 is 34.3 Å². The second-order valence-electron chi connectivity index (χ2n) is 6.81. The lowest BCUT2D eigenvalue weighted by atomic mass is 10.2. The number of carbonyl (C=O) groups is 2. The second kappa shape index (κ2) is 9.99. The number of amides is 1. The largest absolute Gasteiger partial charge is 0.507 e. The number of ether oxygens (including phenoxy) is 2. The van der Waals surface area contributed by atoms with E-state index >= 15 is 0 Å². The first-order valence-corrected chi connectivity index (χ1v) is 11.3. The summed E-state index contributed by atoms with van der Waals surface area (Å²) in [5, 5.41) is 13.0. The van der Waals surface area contributed by atoms with Gasteiger partial charge in [0.2, 0.25) is 0 Å². The van der Waals surface area contributed by atoms with Gasteiger partial charge >= 0.3 is 5.97 Å². The average molecular weight is 469 g/mol. The fourth-order valence-electron chi connectivity index (χ4n) is 2.87. The summed E-state index contributed by atoms with van der Waals surface area (Å²) in [6, 6.07) is 9.16. The number of halogens is 1. The maximum atomic E-state index is 12.6. The van der Waals surface area contributed by atoms with Crippen LogP contribution in [0.15, 0.2) is 47.4 Å². The summed E-state index contributed by atoms with van der Waals surface area (Å²) in [6.45, 7) is 0.387. The van der Waals surface area contributed by atoms with Crippen LogP contribution in [0.1, 0.15) is 23.2 Å². The first kappa shape index (κ1) is 22.9. The van der Waals surface area contributed by atoms with Crippen molar-refractivity contribution in [2.24, 2.45) is 0 Å². The second-order valence-corrected chi connectivity index (χ2v) is 8.93. The first-order chi connectivity index (χ1) is 14.7. The van der Waals surface area contributed by atoms with Crippen molar-refractivity contribution in [3.8, 4) is 5.75 Å². The Balaban J connectivity index is 1.63. The highest BCUT2D eigenvalue weighted by molar-refractivity contribution is 7.92. The smallest absolute Gasteiger partial charge is 0.342 e. The van der Waals surface area contributed by atoms with Crippen LogP contribution in [-0.4, -0.2) is 51.3 Å². The molecule has 1 amide bonds. The van der Waals surface area contributed by atoms with Crippen LogP contribution < -0.4 is 10.0 Å². The molecule has 2 aromatic rings. The molecule has 1 unspecified atom stereocenters. The van der Waals surface area contributed by atoms with Crippen molar-refractivity contribution in [2.75, 3.05) is 24.5 Å². The molecule has 3 rings (SSSR count). The van der Waals surface area contributed by atoms with Crippen LogP contribution in [0.2, 0.25) is 5.02 Å². The van der Waals surface area contributed by atoms with Crippen molar-refractivity contribution in [2.45, 2.75) is 23.8 Å². The van der Waals surface area contributed by atoms with E-state index in [2.05, 4.69) is 10.0 Å². The Morgan fingerprint density at radius 2 is 1.94 bits per heavy atom. The van der Waals surface area contributed by atoms with Crippen LogP contribution in [0.25, 0.3) is 0 Å². The average Bonchev–Trinajstić information content (AvgIpc) is 3.26. The summed E-state index contributed by atoms with van der Waals surface area (Å²) >= 11 is 5.79. The Bertz CT molecular complexity index is 1050. The van der Waals surface area contributed by atoms with Gasteiger partial charge < -0.3 is 19.9 Å². The molecule has 1 heterocycles. The fourth-order valence-corrected chi connectivity index (χ4v) is 4.08. The third kappa shape index (κ3) is 6.33. The molecule has 0 saturated carbocycles. The van der Waals surface area contributed by atoms with Gasteiger partial charge in [-0.2, -0.15) is 0 Å². The quantitative estimate of drug-likeness (QED) is 0.506. The molecule has 1 saturated heterocycles. The number of phenols is 1. The number of benzene rings is 2. The Morgan fingerprint density at radius 3 is 2.61 bits per heavy atom. The predicted octanol–water partition coefficient (Wildman–Crippen LogP) is 2.30. The van der Waals surface area contributed by atoms with Gasteiger partial charge in [0.25, 0.3) is 15.9 Å². The van der Waals surface area contributed by atoms with Crippen molar-refractivity contribution < 1.29 is 32.6 Å². The van der Waals surface area contributed by atoms with Crippen molar-refractivity contribution in [3.05, 3.63) is 53.1 Å². The number of hydrogen-bond acceptors (Lipinski definition) is 7. The Morgan fingerprint density at radius 1 is 1.19 bits per heavy atom. The number of carbonyl (C=O) groups excluding carboxylic acids is 2. The summed E-state index contributed by atoms with van der Waals surface area (Å²) in [6.07, 6.45) is 1.72. The number of phenolic OH excluding ortho intramolecular Hbond substituents is 1. The zero-order chi connectivity index (χ0) is 22.4. The van der Waals surface area contributed by atoms with Gasteiger partial charge in [-0.3, -0.25) is 9.52 Å². The molecule has 1 aliphatic rings. The lowest BCUT2D eigenvalue weighted by Crippen LogP contribution is -2.34.